The van der Waals surface area contributed by atoms with E-state index in [1.807, 2.05) is 0 Å². The molecule has 1 heterocycles. The van der Waals surface area contributed by atoms with E-state index in [4.69, 9.17) is 0 Å². The second-order valence-electron chi connectivity index (χ2n) is 5.78. The monoisotopic (exact) mass is 397 g/mol. The molecule has 1 saturated heterocycles. The number of nitro groups is 1. The summed E-state index contributed by atoms with van der Waals surface area (Å²) in [6, 6.07) is 3.70. The van der Waals surface area contributed by atoms with Crippen LogP contribution >= 0.6 is 0 Å². The molecule has 7 nitrogen and oxygen atoms in total. The summed E-state index contributed by atoms with van der Waals surface area (Å²) < 4.78 is 69.0. The normalized spacial score (nSPS) is 17.1. The van der Waals surface area contributed by atoms with Crippen LogP contribution in [0.15, 0.2) is 18.2 Å². The number of piperazine rings is 1. The average molecular weight is 397 g/mol. The van der Waals surface area contributed by atoms with Crippen molar-refractivity contribution in [3.8, 4) is 0 Å². The molecule has 1 fully saturated rings. The minimum atomic E-state index is -4.79. The number of benzene rings is 1. The van der Waals surface area contributed by atoms with Crippen molar-refractivity contribution in [1.82, 2.24) is 4.90 Å². The molecular weight excluding hydrogens is 381 g/mol. The van der Waals surface area contributed by atoms with Crippen LogP contribution < -0.4 is 4.90 Å². The molecule has 1 aromatic carbocycles. The molecule has 1 aromatic rings. The fourth-order valence-electron chi connectivity index (χ4n) is 2.70. The van der Waals surface area contributed by atoms with Gasteiger partial charge in [0.15, 0.2) is 0 Å². The van der Waals surface area contributed by atoms with E-state index in [2.05, 4.69) is 4.74 Å². The van der Waals surface area contributed by atoms with E-state index in [1.54, 1.807) is 0 Å². The largest absolute Gasteiger partial charge is 0.465 e. The molecule has 1 unspecified atom stereocenters. The molecule has 0 saturated carbocycles. The standard InChI is InChI=1S/C15H16F5N3O4/c1-27-12(24)10-3-2-9(8-11(10)23(25)26)21-4-6-22(7-5-21)14(18)15(19,20)13(16)17/h2-3,8,13-14H,4-7H2,1H3. The summed E-state index contributed by atoms with van der Waals surface area (Å²) in [6.07, 6.45) is -7.25. The lowest BCUT2D eigenvalue weighted by atomic mass is 10.1. The van der Waals surface area contributed by atoms with Crippen molar-refractivity contribution in [2.75, 3.05) is 38.2 Å². The van der Waals surface area contributed by atoms with Crippen molar-refractivity contribution in [1.29, 1.82) is 0 Å². The predicted octanol–water partition coefficient (Wildman–Crippen LogP) is 2.70. The van der Waals surface area contributed by atoms with Crippen LogP contribution in [-0.2, 0) is 4.74 Å². The highest BCUT2D eigenvalue weighted by molar-refractivity contribution is 5.94. The van der Waals surface area contributed by atoms with Gasteiger partial charge in [-0.15, -0.1) is 0 Å². The molecule has 0 aliphatic carbocycles. The van der Waals surface area contributed by atoms with Gasteiger partial charge in [-0.05, 0) is 12.1 Å². The Balaban J connectivity index is 2.13. The van der Waals surface area contributed by atoms with Gasteiger partial charge >= 0.3 is 18.3 Å². The topological polar surface area (TPSA) is 75.9 Å². The second-order valence-corrected chi connectivity index (χ2v) is 5.78. The molecule has 1 aliphatic rings. The summed E-state index contributed by atoms with van der Waals surface area (Å²) in [4.78, 5) is 24.1. The van der Waals surface area contributed by atoms with Crippen LogP contribution in [0.4, 0.5) is 33.3 Å². The fraction of sp³-hybridized carbons (Fsp3) is 0.533. The Labute approximate surface area is 150 Å². The van der Waals surface area contributed by atoms with Gasteiger partial charge in [-0.25, -0.2) is 18.0 Å². The number of nitro benzene ring substituents is 1. The second kappa shape index (κ2) is 8.03. The molecule has 0 aromatic heterocycles. The van der Waals surface area contributed by atoms with Crippen molar-refractivity contribution in [2.24, 2.45) is 0 Å². The molecule has 150 valence electrons. The molecular formula is C15H16F5N3O4. The highest BCUT2D eigenvalue weighted by atomic mass is 19.3. The third-order valence-corrected chi connectivity index (χ3v) is 4.19. The third kappa shape index (κ3) is 4.26. The Morgan fingerprint density at radius 2 is 1.81 bits per heavy atom. The Hall–Kier alpha value is -2.50. The van der Waals surface area contributed by atoms with Gasteiger partial charge in [0.1, 0.15) is 5.56 Å². The fourth-order valence-corrected chi connectivity index (χ4v) is 2.70. The number of hydrogen-bond donors (Lipinski definition) is 0. The highest BCUT2D eigenvalue weighted by Gasteiger charge is 2.52. The molecule has 12 heteroatoms. The number of carbonyl (C=O) groups excluding carboxylic acids is 1. The van der Waals surface area contributed by atoms with Gasteiger partial charge in [0.2, 0.25) is 6.30 Å². The van der Waals surface area contributed by atoms with Gasteiger partial charge in [0, 0.05) is 37.9 Å². The van der Waals surface area contributed by atoms with Crippen molar-refractivity contribution in [3.63, 3.8) is 0 Å². The van der Waals surface area contributed by atoms with Crippen molar-refractivity contribution in [2.45, 2.75) is 18.6 Å². The summed E-state index contributed by atoms with van der Waals surface area (Å²) in [7, 11) is 1.07. The third-order valence-electron chi connectivity index (χ3n) is 4.19. The smallest absolute Gasteiger partial charge is 0.351 e. The Morgan fingerprint density at radius 1 is 1.22 bits per heavy atom. The summed E-state index contributed by atoms with van der Waals surface area (Å²) in [6.45, 7) is -0.602. The Morgan fingerprint density at radius 3 is 2.30 bits per heavy atom. The molecule has 27 heavy (non-hydrogen) atoms. The zero-order valence-corrected chi connectivity index (χ0v) is 14.1. The van der Waals surface area contributed by atoms with Gasteiger partial charge in [0.05, 0.1) is 12.0 Å². The number of ether oxygens (including phenoxy) is 1. The maximum absolute atomic E-state index is 13.7. The van der Waals surface area contributed by atoms with Crippen LogP contribution in [0.5, 0.6) is 0 Å². The predicted molar refractivity (Wildman–Crippen MR) is 84.1 cm³/mol. The lowest BCUT2D eigenvalue weighted by Gasteiger charge is -2.39. The SMILES string of the molecule is COC(=O)c1ccc(N2CCN(C(F)C(F)(F)C(F)F)CC2)cc1[N+](=O)[O-]. The molecule has 0 amide bonds. The van der Waals surface area contributed by atoms with E-state index in [1.165, 1.54) is 17.0 Å². The number of hydrogen-bond acceptors (Lipinski definition) is 6. The number of carbonyl (C=O) groups is 1. The van der Waals surface area contributed by atoms with E-state index in [0.717, 1.165) is 13.2 Å². The number of nitrogens with zero attached hydrogens (tertiary/aromatic N) is 3. The zero-order chi connectivity index (χ0) is 20.4. The highest BCUT2D eigenvalue weighted by Crippen LogP contribution is 2.32. The molecule has 0 radical (unpaired) electrons. The quantitative estimate of drug-likeness (QED) is 0.242. The van der Waals surface area contributed by atoms with Gasteiger partial charge in [-0.3, -0.25) is 15.0 Å². The van der Waals surface area contributed by atoms with Crippen LogP contribution in [0.25, 0.3) is 0 Å². The minimum absolute atomic E-state index is 0.0194. The first-order chi connectivity index (χ1) is 12.6. The number of anilines is 1. The number of methoxy groups -OCH3 is 1. The van der Waals surface area contributed by atoms with E-state index in [0.29, 0.717) is 10.6 Å². The number of esters is 1. The van der Waals surface area contributed by atoms with Crippen molar-refractivity contribution >= 4 is 17.3 Å². The summed E-state index contributed by atoms with van der Waals surface area (Å²) in [5.41, 5.74) is -0.454. The maximum Gasteiger partial charge on any atom is 0.351 e. The Bertz CT molecular complexity index is 711. The molecule has 0 spiro atoms. The zero-order valence-electron chi connectivity index (χ0n) is 14.1. The Kier molecular flexibility index (Phi) is 6.19. The van der Waals surface area contributed by atoms with Crippen LogP contribution in [0.1, 0.15) is 10.4 Å². The van der Waals surface area contributed by atoms with Gasteiger partial charge in [-0.2, -0.15) is 8.78 Å². The maximum atomic E-state index is 13.7. The van der Waals surface area contributed by atoms with Crippen molar-refractivity contribution < 1.29 is 36.4 Å². The molecule has 0 bridgehead atoms. The van der Waals surface area contributed by atoms with Gasteiger partial charge in [-0.1, -0.05) is 0 Å². The van der Waals surface area contributed by atoms with Gasteiger partial charge in [0.25, 0.3) is 5.69 Å². The van der Waals surface area contributed by atoms with E-state index in [9.17, 15) is 36.9 Å². The van der Waals surface area contributed by atoms with E-state index >= 15 is 0 Å². The number of alkyl halides is 5. The van der Waals surface area contributed by atoms with Crippen LogP contribution in [0.3, 0.4) is 0 Å². The first kappa shape index (κ1) is 20.8. The van der Waals surface area contributed by atoms with Crippen LogP contribution in [0.2, 0.25) is 0 Å². The average Bonchev–Trinajstić information content (AvgIpc) is 2.66. The first-order valence-corrected chi connectivity index (χ1v) is 7.75. The molecule has 0 N–H and O–H groups in total. The van der Waals surface area contributed by atoms with E-state index < -0.39 is 35.2 Å². The van der Waals surface area contributed by atoms with Crippen LogP contribution in [0, 0.1) is 10.1 Å². The minimum Gasteiger partial charge on any atom is -0.465 e. The lowest BCUT2D eigenvalue weighted by Crippen LogP contribution is -2.56. The summed E-state index contributed by atoms with van der Waals surface area (Å²) in [5.74, 6) is -5.68. The van der Waals surface area contributed by atoms with Crippen molar-refractivity contribution in [3.05, 3.63) is 33.9 Å². The first-order valence-electron chi connectivity index (χ1n) is 7.75. The molecule has 2 rings (SSSR count). The molecule has 1 atom stereocenters. The number of rotatable bonds is 6. The summed E-state index contributed by atoms with van der Waals surface area (Å²) in [5, 5.41) is 11.2. The summed E-state index contributed by atoms with van der Waals surface area (Å²) >= 11 is 0. The number of halogens is 5. The van der Waals surface area contributed by atoms with E-state index in [-0.39, 0.29) is 31.7 Å². The lowest BCUT2D eigenvalue weighted by molar-refractivity contribution is -0.385. The van der Waals surface area contributed by atoms with Crippen LogP contribution in [-0.4, -0.2) is 67.7 Å². The van der Waals surface area contributed by atoms with Gasteiger partial charge < -0.3 is 9.64 Å². The molecule has 1 aliphatic heterocycles.